The van der Waals surface area contributed by atoms with Crippen LogP contribution in [0.1, 0.15) is 0 Å². The van der Waals surface area contributed by atoms with Crippen molar-refractivity contribution in [3.63, 3.8) is 0 Å². The summed E-state index contributed by atoms with van der Waals surface area (Å²) < 4.78 is 9.90. The molecular weight excluding hydrogens is 297 g/mol. The molecule has 0 spiro atoms. The van der Waals surface area contributed by atoms with Crippen molar-refractivity contribution >= 4 is 40.1 Å². The highest BCUT2D eigenvalue weighted by molar-refractivity contribution is 6.38. The monoisotopic (exact) mass is 303 g/mol. The number of carbonyl (C=O) groups excluding carboxylic acids is 1. The van der Waals surface area contributed by atoms with Gasteiger partial charge >= 0.3 is 17.4 Å². The van der Waals surface area contributed by atoms with Gasteiger partial charge in [0.1, 0.15) is 11.9 Å². The molecule has 0 N–H and O–H groups in total. The van der Waals surface area contributed by atoms with Crippen molar-refractivity contribution < 1.29 is 13.9 Å². The van der Waals surface area contributed by atoms with Gasteiger partial charge in [-0.15, -0.1) is 0 Å². The summed E-state index contributed by atoms with van der Waals surface area (Å²) in [6.07, 6.45) is 0. The van der Waals surface area contributed by atoms with E-state index in [1.165, 1.54) is 19.2 Å². The minimum Gasteiger partial charge on any atom is -0.468 e. The number of ether oxygens (including phenoxy) is 1. The Labute approximate surface area is 116 Å². The summed E-state index contributed by atoms with van der Waals surface area (Å²) in [5.74, 6) is -1.66. The molecule has 0 atom stereocenters. The van der Waals surface area contributed by atoms with Crippen molar-refractivity contribution in [2.45, 2.75) is 6.54 Å². The number of benzene rings is 1. The number of halogens is 2. The van der Waals surface area contributed by atoms with Crippen molar-refractivity contribution in [2.24, 2.45) is 0 Å². The van der Waals surface area contributed by atoms with Gasteiger partial charge in [0.15, 0.2) is 0 Å². The fourth-order valence-corrected chi connectivity index (χ4v) is 2.16. The molecule has 0 aliphatic rings. The van der Waals surface area contributed by atoms with Crippen LogP contribution in [-0.4, -0.2) is 17.6 Å². The van der Waals surface area contributed by atoms with Crippen LogP contribution in [0.15, 0.2) is 26.1 Å². The molecule has 0 bridgehead atoms. The number of hydrogen-bond acceptors (Lipinski definition) is 5. The smallest absolute Gasteiger partial charge is 0.422 e. The minimum absolute atomic E-state index is 0.0189. The molecule has 0 aliphatic carbocycles. The zero-order valence-corrected chi connectivity index (χ0v) is 11.1. The van der Waals surface area contributed by atoms with Crippen LogP contribution in [0, 0.1) is 0 Å². The van der Waals surface area contributed by atoms with Crippen molar-refractivity contribution in [3.8, 4) is 0 Å². The molecule has 0 aliphatic heterocycles. The van der Waals surface area contributed by atoms with Gasteiger partial charge in [0.25, 0.3) is 0 Å². The third-order valence-corrected chi connectivity index (χ3v) is 2.96. The van der Waals surface area contributed by atoms with Crippen LogP contribution in [-0.2, 0) is 16.1 Å². The van der Waals surface area contributed by atoms with Gasteiger partial charge in [-0.25, -0.2) is 9.59 Å². The highest BCUT2D eigenvalue weighted by Gasteiger charge is 2.16. The van der Waals surface area contributed by atoms with E-state index in [9.17, 15) is 14.4 Å². The lowest BCUT2D eigenvalue weighted by molar-refractivity contribution is -0.141. The fraction of sp³-hybridized carbons (Fsp3) is 0.182. The molecule has 1 heterocycles. The number of nitrogens with zero attached hydrogens (tertiary/aromatic N) is 1. The molecule has 6 nitrogen and oxygen atoms in total. The predicted octanol–water partition coefficient (Wildman–Crippen LogP) is 1.43. The van der Waals surface area contributed by atoms with E-state index < -0.39 is 23.9 Å². The maximum absolute atomic E-state index is 11.6. The maximum Gasteiger partial charge on any atom is 0.422 e. The molecule has 0 radical (unpaired) electrons. The van der Waals surface area contributed by atoms with Crippen LogP contribution in [0.2, 0.25) is 10.0 Å². The number of carbonyl (C=O) groups is 1. The summed E-state index contributed by atoms with van der Waals surface area (Å²) in [7, 11) is 1.18. The van der Waals surface area contributed by atoms with Crippen LogP contribution in [0.5, 0.6) is 0 Å². The molecule has 1 aromatic carbocycles. The third kappa shape index (κ3) is 2.50. The SMILES string of the molecule is COC(=O)Cn1c(=O)oc(=O)c2c(Cl)cc(Cl)cc21. The standard InChI is InChI=1S/C11H7Cl2NO5/c1-18-8(15)4-14-7-3-5(12)2-6(13)9(7)10(16)19-11(14)17/h2-3H,4H2,1H3. The zero-order chi connectivity index (χ0) is 14.2. The molecular formula is C11H7Cl2NO5. The maximum atomic E-state index is 11.6. The van der Waals surface area contributed by atoms with Crippen molar-refractivity contribution in [1.29, 1.82) is 0 Å². The van der Waals surface area contributed by atoms with E-state index in [2.05, 4.69) is 9.15 Å². The van der Waals surface area contributed by atoms with E-state index in [1.807, 2.05) is 0 Å². The lowest BCUT2D eigenvalue weighted by Gasteiger charge is -2.08. The number of hydrogen-bond donors (Lipinski definition) is 0. The van der Waals surface area contributed by atoms with Crippen LogP contribution in [0.25, 0.3) is 10.9 Å². The molecule has 1 aromatic heterocycles. The molecule has 100 valence electrons. The van der Waals surface area contributed by atoms with Crippen molar-refractivity contribution in [1.82, 2.24) is 4.57 Å². The topological polar surface area (TPSA) is 78.5 Å². The van der Waals surface area contributed by atoms with Gasteiger partial charge in [0, 0.05) is 5.02 Å². The Balaban J connectivity index is 2.86. The quantitative estimate of drug-likeness (QED) is 0.784. The summed E-state index contributed by atoms with van der Waals surface area (Å²) in [6, 6.07) is 2.69. The lowest BCUT2D eigenvalue weighted by Crippen LogP contribution is -2.28. The van der Waals surface area contributed by atoms with Gasteiger partial charge in [0.2, 0.25) is 0 Å². The number of esters is 1. The van der Waals surface area contributed by atoms with E-state index in [-0.39, 0.29) is 20.9 Å². The molecule has 8 heteroatoms. The molecule has 19 heavy (non-hydrogen) atoms. The van der Waals surface area contributed by atoms with E-state index in [0.29, 0.717) is 0 Å². The molecule has 2 aromatic rings. The molecule has 0 unspecified atom stereocenters. The van der Waals surface area contributed by atoms with Crippen molar-refractivity contribution in [2.75, 3.05) is 7.11 Å². The second-order valence-corrected chi connectivity index (χ2v) is 4.44. The second kappa shape index (κ2) is 5.07. The summed E-state index contributed by atoms with van der Waals surface area (Å²) >= 11 is 11.7. The summed E-state index contributed by atoms with van der Waals surface area (Å²) in [4.78, 5) is 34.5. The van der Waals surface area contributed by atoms with E-state index in [0.717, 1.165) is 4.57 Å². The third-order valence-electron chi connectivity index (χ3n) is 2.44. The van der Waals surface area contributed by atoms with Gasteiger partial charge in [-0.3, -0.25) is 9.36 Å². The number of rotatable bonds is 2. The van der Waals surface area contributed by atoms with Gasteiger partial charge in [-0.2, -0.15) is 0 Å². The first-order valence-corrected chi connectivity index (χ1v) is 5.79. The molecule has 0 amide bonds. The summed E-state index contributed by atoms with van der Waals surface area (Å²) in [5, 5.41) is 0.241. The first-order valence-electron chi connectivity index (χ1n) is 5.03. The predicted molar refractivity (Wildman–Crippen MR) is 68.8 cm³/mol. The van der Waals surface area contributed by atoms with Crippen LogP contribution < -0.4 is 11.4 Å². The Morgan fingerprint density at radius 2 is 2.05 bits per heavy atom. The Bertz CT molecular complexity index is 777. The Morgan fingerprint density at radius 1 is 1.37 bits per heavy atom. The van der Waals surface area contributed by atoms with Crippen LogP contribution in [0.3, 0.4) is 0 Å². The highest BCUT2D eigenvalue weighted by atomic mass is 35.5. The summed E-state index contributed by atoms with van der Waals surface area (Å²) in [5.41, 5.74) is -0.771. The molecule has 0 fully saturated rings. The van der Waals surface area contributed by atoms with Gasteiger partial charge < -0.3 is 9.15 Å². The minimum atomic E-state index is -0.985. The van der Waals surface area contributed by atoms with Gasteiger partial charge in [0.05, 0.1) is 17.6 Å². The first kappa shape index (κ1) is 13.6. The van der Waals surface area contributed by atoms with E-state index in [4.69, 9.17) is 23.2 Å². The largest absolute Gasteiger partial charge is 0.468 e. The molecule has 0 saturated heterocycles. The average Bonchev–Trinajstić information content (AvgIpc) is 2.32. The van der Waals surface area contributed by atoms with Crippen LogP contribution >= 0.6 is 23.2 Å². The Hall–Kier alpha value is -1.79. The lowest BCUT2D eigenvalue weighted by atomic mass is 10.2. The van der Waals surface area contributed by atoms with Gasteiger partial charge in [-0.05, 0) is 12.1 Å². The van der Waals surface area contributed by atoms with E-state index >= 15 is 0 Å². The van der Waals surface area contributed by atoms with Gasteiger partial charge in [-0.1, -0.05) is 23.2 Å². The average molecular weight is 304 g/mol. The highest BCUT2D eigenvalue weighted by Crippen LogP contribution is 2.24. The number of aromatic nitrogens is 1. The van der Waals surface area contributed by atoms with Crippen LogP contribution in [0.4, 0.5) is 0 Å². The molecule has 2 rings (SSSR count). The number of fused-ring (bicyclic) bond motifs is 1. The zero-order valence-electron chi connectivity index (χ0n) is 9.61. The Kier molecular flexibility index (Phi) is 3.64. The van der Waals surface area contributed by atoms with Crippen molar-refractivity contribution in [3.05, 3.63) is 43.1 Å². The normalized spacial score (nSPS) is 10.7. The Morgan fingerprint density at radius 3 is 2.68 bits per heavy atom. The second-order valence-electron chi connectivity index (χ2n) is 3.60. The fourth-order valence-electron chi connectivity index (χ4n) is 1.60. The molecule has 0 saturated carbocycles. The first-order chi connectivity index (χ1) is 8.93. The van der Waals surface area contributed by atoms with E-state index in [1.54, 1.807) is 0 Å². The number of methoxy groups -OCH3 is 1. The summed E-state index contributed by atoms with van der Waals surface area (Å²) in [6.45, 7) is -0.410.